The second-order valence-corrected chi connectivity index (χ2v) is 6.57. The van der Waals surface area contributed by atoms with Crippen LogP contribution < -0.4 is 5.63 Å². The third kappa shape index (κ3) is 2.70. The highest BCUT2D eigenvalue weighted by atomic mass is 16.6. The van der Waals surface area contributed by atoms with Gasteiger partial charge in [0.1, 0.15) is 16.7 Å². The molecule has 0 amide bonds. The molecule has 2 aromatic heterocycles. The Morgan fingerprint density at radius 2 is 1.45 bits per heavy atom. The monoisotopic (exact) mass is 383 g/mol. The molecule has 0 aliphatic heterocycles. The van der Waals surface area contributed by atoms with Gasteiger partial charge in [0, 0.05) is 23.3 Å². The average molecular weight is 383 g/mol. The van der Waals surface area contributed by atoms with E-state index in [0.29, 0.717) is 38.8 Å². The van der Waals surface area contributed by atoms with Crippen LogP contribution in [0.25, 0.3) is 44.4 Å². The van der Waals surface area contributed by atoms with Crippen LogP contribution in [0.2, 0.25) is 0 Å². The Bertz CT molecular complexity index is 1430. The topological polar surface area (TPSA) is 86.5 Å². The van der Waals surface area contributed by atoms with Gasteiger partial charge in [-0.1, -0.05) is 42.5 Å². The average Bonchev–Trinajstić information content (AvgIpc) is 3.16. The van der Waals surface area contributed by atoms with E-state index < -0.39 is 10.5 Å². The normalized spacial score (nSPS) is 11.2. The number of benzene rings is 3. The summed E-state index contributed by atoms with van der Waals surface area (Å²) in [5, 5.41) is 12.0. The number of non-ortho nitro benzene ring substituents is 1. The summed E-state index contributed by atoms with van der Waals surface area (Å²) in [5.41, 5.74) is 2.31. The van der Waals surface area contributed by atoms with Gasteiger partial charge in [0.25, 0.3) is 5.69 Å². The first-order valence-electron chi connectivity index (χ1n) is 8.92. The van der Waals surface area contributed by atoms with Gasteiger partial charge in [-0.05, 0) is 29.8 Å². The minimum Gasteiger partial charge on any atom is -0.454 e. The number of furan rings is 1. The van der Waals surface area contributed by atoms with Crippen molar-refractivity contribution in [1.29, 1.82) is 0 Å². The first kappa shape index (κ1) is 16.9. The second kappa shape index (κ2) is 6.45. The largest absolute Gasteiger partial charge is 0.454 e. The van der Waals surface area contributed by atoms with Gasteiger partial charge < -0.3 is 8.83 Å². The molecule has 0 N–H and O–H groups in total. The van der Waals surface area contributed by atoms with Crippen molar-refractivity contribution in [1.82, 2.24) is 0 Å². The Hall–Kier alpha value is -4.19. The molecule has 0 radical (unpaired) electrons. The second-order valence-electron chi connectivity index (χ2n) is 6.57. The van der Waals surface area contributed by atoms with E-state index in [0.717, 1.165) is 5.56 Å². The lowest BCUT2D eigenvalue weighted by Gasteiger charge is -2.03. The third-order valence-electron chi connectivity index (χ3n) is 4.85. The molecule has 0 saturated carbocycles. The molecule has 140 valence electrons. The quantitative estimate of drug-likeness (QED) is 0.224. The number of fused-ring (bicyclic) bond motifs is 3. The van der Waals surface area contributed by atoms with Crippen LogP contribution in [-0.4, -0.2) is 4.92 Å². The van der Waals surface area contributed by atoms with E-state index in [2.05, 4.69) is 0 Å². The summed E-state index contributed by atoms with van der Waals surface area (Å²) >= 11 is 0. The summed E-state index contributed by atoms with van der Waals surface area (Å²) in [6, 6.07) is 22.6. The van der Waals surface area contributed by atoms with Gasteiger partial charge in [-0.2, -0.15) is 0 Å². The first-order valence-corrected chi connectivity index (χ1v) is 8.92. The summed E-state index contributed by atoms with van der Waals surface area (Å²) in [6.45, 7) is 0. The SMILES string of the molecule is O=c1oc2ccccc2c2oc(-c3ccccc3)c(-c3ccc([N+](=O)[O-])cc3)c12. The maximum absolute atomic E-state index is 12.9. The molecule has 0 fully saturated rings. The molecule has 0 bridgehead atoms. The number of nitro groups is 1. The fourth-order valence-electron chi connectivity index (χ4n) is 3.53. The number of hydrogen-bond acceptors (Lipinski definition) is 5. The molecule has 0 saturated heterocycles. The van der Waals surface area contributed by atoms with Crippen molar-refractivity contribution in [3.63, 3.8) is 0 Å². The Balaban J connectivity index is 1.91. The molecule has 0 aliphatic rings. The molecule has 6 heteroatoms. The highest BCUT2D eigenvalue weighted by Gasteiger charge is 2.23. The van der Waals surface area contributed by atoms with E-state index >= 15 is 0 Å². The number of nitro benzene ring substituents is 1. The van der Waals surface area contributed by atoms with Crippen LogP contribution in [0, 0.1) is 10.1 Å². The maximum Gasteiger partial charge on any atom is 0.348 e. The zero-order valence-electron chi connectivity index (χ0n) is 15.0. The summed E-state index contributed by atoms with van der Waals surface area (Å²) in [5.74, 6) is 0.512. The van der Waals surface area contributed by atoms with E-state index in [9.17, 15) is 14.9 Å². The molecule has 3 aromatic carbocycles. The van der Waals surface area contributed by atoms with Crippen LogP contribution >= 0.6 is 0 Å². The van der Waals surface area contributed by atoms with Gasteiger partial charge in [-0.3, -0.25) is 10.1 Å². The molecule has 6 nitrogen and oxygen atoms in total. The van der Waals surface area contributed by atoms with Gasteiger partial charge in [-0.15, -0.1) is 0 Å². The predicted molar refractivity (Wildman–Crippen MR) is 110 cm³/mol. The molecular weight excluding hydrogens is 370 g/mol. The number of para-hydroxylation sites is 1. The van der Waals surface area contributed by atoms with Gasteiger partial charge in [-0.25, -0.2) is 4.79 Å². The van der Waals surface area contributed by atoms with E-state index in [1.165, 1.54) is 12.1 Å². The third-order valence-corrected chi connectivity index (χ3v) is 4.85. The van der Waals surface area contributed by atoms with Crippen molar-refractivity contribution >= 4 is 27.6 Å². The van der Waals surface area contributed by atoms with Crippen LogP contribution in [0.4, 0.5) is 5.69 Å². The van der Waals surface area contributed by atoms with Crippen molar-refractivity contribution in [2.24, 2.45) is 0 Å². The first-order chi connectivity index (χ1) is 14.1. The minimum atomic E-state index is -0.516. The van der Waals surface area contributed by atoms with Crippen molar-refractivity contribution in [2.45, 2.75) is 0 Å². The molecular formula is C23H13NO5. The molecule has 0 spiro atoms. The van der Waals surface area contributed by atoms with Crippen molar-refractivity contribution in [2.75, 3.05) is 0 Å². The summed E-state index contributed by atoms with van der Waals surface area (Å²) < 4.78 is 11.7. The fraction of sp³-hybridized carbons (Fsp3) is 0. The highest BCUT2D eigenvalue weighted by molar-refractivity contribution is 6.10. The Labute approximate surface area is 163 Å². The zero-order valence-corrected chi connectivity index (χ0v) is 15.0. The van der Waals surface area contributed by atoms with E-state index in [4.69, 9.17) is 8.83 Å². The van der Waals surface area contributed by atoms with Gasteiger partial charge in [0.05, 0.1) is 10.3 Å². The van der Waals surface area contributed by atoms with E-state index in [-0.39, 0.29) is 5.69 Å². The van der Waals surface area contributed by atoms with Gasteiger partial charge >= 0.3 is 5.63 Å². The van der Waals surface area contributed by atoms with Gasteiger partial charge in [0.2, 0.25) is 0 Å². The van der Waals surface area contributed by atoms with Crippen molar-refractivity contribution in [3.8, 4) is 22.5 Å². The Kier molecular flexibility index (Phi) is 3.77. The molecule has 29 heavy (non-hydrogen) atoms. The molecule has 5 aromatic rings. The zero-order chi connectivity index (χ0) is 20.0. The molecule has 0 aliphatic carbocycles. The van der Waals surface area contributed by atoms with Crippen molar-refractivity contribution < 1.29 is 13.8 Å². The van der Waals surface area contributed by atoms with Crippen LogP contribution in [0.15, 0.2) is 92.5 Å². The lowest BCUT2D eigenvalue weighted by molar-refractivity contribution is -0.384. The smallest absolute Gasteiger partial charge is 0.348 e. The lowest BCUT2D eigenvalue weighted by Crippen LogP contribution is -1.99. The summed E-state index contributed by atoms with van der Waals surface area (Å²) in [4.78, 5) is 23.4. The standard InChI is InChI=1S/C23H13NO5/c25-23-20-19(14-10-12-16(13-11-14)24(26)27)21(15-6-2-1-3-7-15)29-22(20)17-8-4-5-9-18(17)28-23/h1-13H. The molecule has 0 atom stereocenters. The van der Waals surface area contributed by atoms with Crippen molar-refractivity contribution in [3.05, 3.63) is 99.4 Å². The van der Waals surface area contributed by atoms with Crippen LogP contribution in [0.5, 0.6) is 0 Å². The highest BCUT2D eigenvalue weighted by Crippen LogP contribution is 2.41. The molecule has 5 rings (SSSR count). The summed E-state index contributed by atoms with van der Waals surface area (Å²) in [6.07, 6.45) is 0. The van der Waals surface area contributed by atoms with E-state index in [1.807, 2.05) is 42.5 Å². The maximum atomic E-state index is 12.9. The number of rotatable bonds is 3. The minimum absolute atomic E-state index is 0.0275. The predicted octanol–water partition coefficient (Wildman–Crippen LogP) is 5.78. The van der Waals surface area contributed by atoms with Crippen LogP contribution in [0.1, 0.15) is 0 Å². The summed E-state index contributed by atoms with van der Waals surface area (Å²) in [7, 11) is 0. The lowest BCUT2D eigenvalue weighted by atomic mass is 9.98. The van der Waals surface area contributed by atoms with Crippen LogP contribution in [-0.2, 0) is 0 Å². The fourth-order valence-corrected chi connectivity index (χ4v) is 3.53. The Morgan fingerprint density at radius 1 is 0.759 bits per heavy atom. The number of hydrogen-bond donors (Lipinski definition) is 0. The Morgan fingerprint density at radius 3 is 2.17 bits per heavy atom. The van der Waals surface area contributed by atoms with Gasteiger partial charge in [0.15, 0.2) is 5.58 Å². The van der Waals surface area contributed by atoms with E-state index in [1.54, 1.807) is 24.3 Å². The van der Waals surface area contributed by atoms with Crippen LogP contribution in [0.3, 0.4) is 0 Å². The number of nitrogens with zero attached hydrogens (tertiary/aromatic N) is 1. The molecule has 2 heterocycles. The molecule has 0 unspecified atom stereocenters.